The van der Waals surface area contributed by atoms with Gasteiger partial charge in [-0.05, 0) is 19.1 Å². The van der Waals surface area contributed by atoms with E-state index < -0.39 is 0 Å². The van der Waals surface area contributed by atoms with E-state index in [1.807, 2.05) is 0 Å². The largest absolute Gasteiger partial charge is 0.454 e. The SMILES string of the molecule is Cc1ccc(N2CCC(O[C]=O)CC2)cc1. The maximum atomic E-state index is 10.1. The molecule has 1 heterocycles. The molecule has 0 bridgehead atoms. The maximum Gasteiger partial charge on any atom is 0.417 e. The summed E-state index contributed by atoms with van der Waals surface area (Å²) in [6.45, 7) is 5.50. The number of carbonyl (C=O) groups excluding carboxylic acids is 1. The second kappa shape index (κ2) is 5.01. The smallest absolute Gasteiger partial charge is 0.417 e. The Labute approximate surface area is 96.0 Å². The number of piperidine rings is 1. The van der Waals surface area contributed by atoms with Crippen molar-refractivity contribution in [2.75, 3.05) is 18.0 Å². The molecule has 85 valence electrons. The van der Waals surface area contributed by atoms with Crippen molar-refractivity contribution in [3.05, 3.63) is 29.8 Å². The molecule has 1 aliphatic heterocycles. The molecule has 0 spiro atoms. The Morgan fingerprint density at radius 1 is 1.25 bits per heavy atom. The van der Waals surface area contributed by atoms with Crippen LogP contribution in [0.1, 0.15) is 18.4 Å². The minimum absolute atomic E-state index is 0.0548. The van der Waals surface area contributed by atoms with Crippen LogP contribution in [0.3, 0.4) is 0 Å². The lowest BCUT2D eigenvalue weighted by molar-refractivity contribution is 0.149. The summed E-state index contributed by atoms with van der Waals surface area (Å²) in [6.07, 6.45) is 1.84. The van der Waals surface area contributed by atoms with Gasteiger partial charge in [0.15, 0.2) is 0 Å². The van der Waals surface area contributed by atoms with Gasteiger partial charge in [-0.3, -0.25) is 0 Å². The van der Waals surface area contributed by atoms with Gasteiger partial charge in [0.2, 0.25) is 0 Å². The van der Waals surface area contributed by atoms with E-state index in [1.165, 1.54) is 17.7 Å². The van der Waals surface area contributed by atoms with Crippen molar-refractivity contribution in [3.63, 3.8) is 0 Å². The van der Waals surface area contributed by atoms with E-state index in [9.17, 15) is 4.79 Å². The minimum atomic E-state index is 0.0548. The van der Waals surface area contributed by atoms with Gasteiger partial charge in [-0.1, -0.05) is 17.7 Å². The lowest BCUT2D eigenvalue weighted by Crippen LogP contribution is -2.36. The Hall–Kier alpha value is -1.51. The van der Waals surface area contributed by atoms with Gasteiger partial charge in [0.1, 0.15) is 6.10 Å². The Morgan fingerprint density at radius 3 is 2.44 bits per heavy atom. The highest BCUT2D eigenvalue weighted by Crippen LogP contribution is 2.21. The monoisotopic (exact) mass is 218 g/mol. The molecule has 0 aromatic heterocycles. The fourth-order valence-electron chi connectivity index (χ4n) is 2.06. The molecule has 0 saturated carbocycles. The van der Waals surface area contributed by atoms with Gasteiger partial charge in [-0.2, -0.15) is 0 Å². The Balaban J connectivity index is 1.93. The summed E-state index contributed by atoms with van der Waals surface area (Å²) in [4.78, 5) is 12.4. The van der Waals surface area contributed by atoms with Crippen molar-refractivity contribution in [3.8, 4) is 0 Å². The van der Waals surface area contributed by atoms with Crippen molar-refractivity contribution in [1.29, 1.82) is 0 Å². The number of hydrogen-bond acceptors (Lipinski definition) is 3. The first-order valence-electron chi connectivity index (χ1n) is 5.64. The predicted octanol–water partition coefficient (Wildman–Crippen LogP) is 2.05. The normalized spacial score (nSPS) is 17.2. The van der Waals surface area contributed by atoms with Crippen LogP contribution in [0.15, 0.2) is 24.3 Å². The van der Waals surface area contributed by atoms with Gasteiger partial charge < -0.3 is 9.64 Å². The number of rotatable bonds is 3. The Kier molecular flexibility index (Phi) is 3.44. The summed E-state index contributed by atoms with van der Waals surface area (Å²) in [5, 5.41) is 0. The zero-order valence-electron chi connectivity index (χ0n) is 9.48. The van der Waals surface area contributed by atoms with Crippen LogP contribution in [0.25, 0.3) is 0 Å². The molecule has 1 aromatic rings. The number of nitrogens with zero attached hydrogens (tertiary/aromatic N) is 1. The van der Waals surface area contributed by atoms with Crippen molar-refractivity contribution in [2.45, 2.75) is 25.9 Å². The van der Waals surface area contributed by atoms with Crippen LogP contribution in [0.5, 0.6) is 0 Å². The molecule has 0 atom stereocenters. The van der Waals surface area contributed by atoms with E-state index in [1.54, 1.807) is 0 Å². The Morgan fingerprint density at radius 2 is 1.88 bits per heavy atom. The molecule has 1 saturated heterocycles. The van der Waals surface area contributed by atoms with E-state index in [-0.39, 0.29) is 6.10 Å². The van der Waals surface area contributed by atoms with Crippen LogP contribution < -0.4 is 4.90 Å². The summed E-state index contributed by atoms with van der Waals surface area (Å²) in [6, 6.07) is 8.53. The fraction of sp³-hybridized carbons (Fsp3) is 0.462. The van der Waals surface area contributed by atoms with E-state index >= 15 is 0 Å². The number of benzene rings is 1. The molecule has 0 amide bonds. The summed E-state index contributed by atoms with van der Waals surface area (Å²) in [7, 11) is 0. The molecule has 1 radical (unpaired) electrons. The maximum absolute atomic E-state index is 10.1. The third-order valence-corrected chi connectivity index (χ3v) is 3.06. The average molecular weight is 218 g/mol. The average Bonchev–Trinajstić information content (AvgIpc) is 2.32. The van der Waals surface area contributed by atoms with Gasteiger partial charge in [-0.15, -0.1) is 0 Å². The van der Waals surface area contributed by atoms with Crippen molar-refractivity contribution in [1.82, 2.24) is 0 Å². The topological polar surface area (TPSA) is 29.5 Å². The van der Waals surface area contributed by atoms with Crippen molar-refractivity contribution in [2.24, 2.45) is 0 Å². The zero-order chi connectivity index (χ0) is 11.4. The van der Waals surface area contributed by atoms with Gasteiger partial charge in [0, 0.05) is 31.6 Å². The first-order chi connectivity index (χ1) is 7.79. The van der Waals surface area contributed by atoms with Crippen LogP contribution in [0.4, 0.5) is 5.69 Å². The van der Waals surface area contributed by atoms with Crippen LogP contribution in [0, 0.1) is 6.92 Å². The summed E-state index contributed by atoms with van der Waals surface area (Å²) >= 11 is 0. The van der Waals surface area contributed by atoms with Crippen LogP contribution in [-0.4, -0.2) is 25.7 Å². The predicted molar refractivity (Wildman–Crippen MR) is 63.2 cm³/mol. The Bertz CT molecular complexity index is 339. The first-order valence-corrected chi connectivity index (χ1v) is 5.64. The third-order valence-electron chi connectivity index (χ3n) is 3.06. The summed E-state index contributed by atoms with van der Waals surface area (Å²) in [5.74, 6) is 0. The zero-order valence-corrected chi connectivity index (χ0v) is 9.48. The van der Waals surface area contributed by atoms with Crippen molar-refractivity contribution < 1.29 is 9.53 Å². The second-order valence-corrected chi connectivity index (χ2v) is 4.22. The fourth-order valence-corrected chi connectivity index (χ4v) is 2.06. The van der Waals surface area contributed by atoms with Gasteiger partial charge >= 0.3 is 6.47 Å². The molecular weight excluding hydrogens is 202 g/mol. The minimum Gasteiger partial charge on any atom is -0.454 e. The number of aryl methyl sites for hydroxylation is 1. The molecule has 1 fully saturated rings. The molecule has 0 unspecified atom stereocenters. The second-order valence-electron chi connectivity index (χ2n) is 4.22. The summed E-state index contributed by atoms with van der Waals surface area (Å²) < 4.78 is 4.85. The molecule has 2 rings (SSSR count). The van der Waals surface area contributed by atoms with Crippen LogP contribution in [0.2, 0.25) is 0 Å². The number of hydrogen-bond donors (Lipinski definition) is 0. The third kappa shape index (κ3) is 2.54. The van der Waals surface area contributed by atoms with E-state index in [0.717, 1.165) is 25.9 Å². The molecule has 0 aliphatic carbocycles. The molecule has 3 heteroatoms. The number of ether oxygens (including phenoxy) is 1. The molecular formula is C13H16NO2. The molecule has 3 nitrogen and oxygen atoms in total. The van der Waals surface area contributed by atoms with Gasteiger partial charge in [-0.25, -0.2) is 4.79 Å². The summed E-state index contributed by atoms with van der Waals surface area (Å²) in [5.41, 5.74) is 2.52. The van der Waals surface area contributed by atoms with Crippen LogP contribution in [-0.2, 0) is 9.53 Å². The van der Waals surface area contributed by atoms with E-state index in [2.05, 4.69) is 36.1 Å². The van der Waals surface area contributed by atoms with E-state index in [0.29, 0.717) is 0 Å². The quantitative estimate of drug-likeness (QED) is 0.777. The lowest BCUT2D eigenvalue weighted by atomic mass is 10.1. The highest BCUT2D eigenvalue weighted by atomic mass is 16.5. The van der Waals surface area contributed by atoms with Crippen molar-refractivity contribution >= 4 is 12.2 Å². The molecule has 0 N–H and O–H groups in total. The molecule has 16 heavy (non-hydrogen) atoms. The molecule has 1 aromatic carbocycles. The number of anilines is 1. The lowest BCUT2D eigenvalue weighted by Gasteiger charge is -2.32. The highest BCUT2D eigenvalue weighted by Gasteiger charge is 2.20. The molecule has 1 aliphatic rings. The highest BCUT2D eigenvalue weighted by molar-refractivity contribution is 5.48. The standard InChI is InChI=1S/C13H16NO2/c1-11-2-4-12(5-3-11)14-8-6-13(7-9-14)16-10-15/h2-5,13H,6-9H2,1H3. The van der Waals surface area contributed by atoms with Crippen LogP contribution >= 0.6 is 0 Å². The van der Waals surface area contributed by atoms with Gasteiger partial charge in [0.05, 0.1) is 0 Å². The first kappa shape index (κ1) is 11.0. The van der Waals surface area contributed by atoms with E-state index in [4.69, 9.17) is 4.74 Å². The van der Waals surface area contributed by atoms with Gasteiger partial charge in [0.25, 0.3) is 0 Å².